The SMILES string of the molecule is CC1c2ccccc2OC1C1=NCCN1.Cl. The smallest absolute Gasteiger partial charge is 0.162 e. The van der Waals surface area contributed by atoms with Crippen molar-refractivity contribution in [1.82, 2.24) is 5.32 Å². The van der Waals surface area contributed by atoms with E-state index in [0.717, 1.165) is 24.7 Å². The first-order valence-electron chi connectivity index (χ1n) is 5.40. The lowest BCUT2D eigenvalue weighted by molar-refractivity contribution is 0.276. The highest BCUT2D eigenvalue weighted by Crippen LogP contribution is 2.38. The van der Waals surface area contributed by atoms with Gasteiger partial charge in [0.1, 0.15) is 11.6 Å². The molecular weight excluding hydrogens is 224 g/mol. The van der Waals surface area contributed by atoms with Gasteiger partial charge in [0.05, 0.1) is 6.54 Å². The Kier molecular flexibility index (Phi) is 3.06. The van der Waals surface area contributed by atoms with Gasteiger partial charge in [-0.2, -0.15) is 0 Å². The van der Waals surface area contributed by atoms with E-state index in [9.17, 15) is 0 Å². The van der Waals surface area contributed by atoms with Crippen LogP contribution in [0.5, 0.6) is 5.75 Å². The highest BCUT2D eigenvalue weighted by Gasteiger charge is 2.35. The molecule has 3 nitrogen and oxygen atoms in total. The molecule has 2 heterocycles. The fraction of sp³-hybridized carbons (Fsp3) is 0.417. The third-order valence-electron chi connectivity index (χ3n) is 3.09. The maximum absolute atomic E-state index is 5.91. The average Bonchev–Trinajstić information content (AvgIpc) is 2.87. The number of hydrogen-bond acceptors (Lipinski definition) is 3. The largest absolute Gasteiger partial charge is 0.482 e. The van der Waals surface area contributed by atoms with E-state index in [4.69, 9.17) is 4.74 Å². The Hall–Kier alpha value is -1.22. The molecule has 1 aromatic carbocycles. The van der Waals surface area contributed by atoms with Gasteiger partial charge in [0.2, 0.25) is 0 Å². The van der Waals surface area contributed by atoms with E-state index in [-0.39, 0.29) is 18.5 Å². The van der Waals surface area contributed by atoms with Gasteiger partial charge in [-0.1, -0.05) is 25.1 Å². The summed E-state index contributed by atoms with van der Waals surface area (Å²) in [4.78, 5) is 4.43. The molecule has 1 aromatic rings. The Labute approximate surface area is 101 Å². The summed E-state index contributed by atoms with van der Waals surface area (Å²) < 4.78 is 5.91. The highest BCUT2D eigenvalue weighted by molar-refractivity contribution is 5.90. The number of amidine groups is 1. The van der Waals surface area contributed by atoms with E-state index in [1.807, 2.05) is 12.1 Å². The van der Waals surface area contributed by atoms with E-state index >= 15 is 0 Å². The van der Waals surface area contributed by atoms with Crippen molar-refractivity contribution in [3.63, 3.8) is 0 Å². The molecule has 0 aromatic heterocycles. The molecule has 0 fully saturated rings. The van der Waals surface area contributed by atoms with E-state index in [0.29, 0.717) is 5.92 Å². The van der Waals surface area contributed by atoms with E-state index < -0.39 is 0 Å². The maximum Gasteiger partial charge on any atom is 0.162 e. The van der Waals surface area contributed by atoms with Crippen LogP contribution >= 0.6 is 12.4 Å². The first kappa shape index (κ1) is 11.3. The lowest BCUT2D eigenvalue weighted by Gasteiger charge is -2.15. The quantitative estimate of drug-likeness (QED) is 0.812. The van der Waals surface area contributed by atoms with Crippen LogP contribution in [0.15, 0.2) is 29.3 Å². The zero-order valence-corrected chi connectivity index (χ0v) is 9.96. The van der Waals surface area contributed by atoms with E-state index in [1.54, 1.807) is 0 Å². The zero-order chi connectivity index (χ0) is 10.3. The van der Waals surface area contributed by atoms with Crippen LogP contribution in [0.1, 0.15) is 18.4 Å². The summed E-state index contributed by atoms with van der Waals surface area (Å²) in [5.41, 5.74) is 1.29. The fourth-order valence-corrected chi connectivity index (χ4v) is 2.27. The number of halogens is 1. The maximum atomic E-state index is 5.91. The standard InChI is InChI=1S/C12H14N2O.ClH/c1-8-9-4-2-3-5-10(9)15-11(8)12-13-6-7-14-12;/h2-5,8,11H,6-7H2,1H3,(H,13,14);1H. The number of ether oxygens (including phenoxy) is 1. The van der Waals surface area contributed by atoms with Crippen LogP contribution in [-0.2, 0) is 0 Å². The van der Waals surface area contributed by atoms with Crippen LogP contribution in [0.2, 0.25) is 0 Å². The van der Waals surface area contributed by atoms with Gasteiger partial charge >= 0.3 is 0 Å². The van der Waals surface area contributed by atoms with Gasteiger partial charge in [0.25, 0.3) is 0 Å². The minimum Gasteiger partial charge on any atom is -0.482 e. The minimum absolute atomic E-state index is 0. The van der Waals surface area contributed by atoms with Gasteiger partial charge in [-0.3, -0.25) is 4.99 Å². The number of fused-ring (bicyclic) bond motifs is 1. The van der Waals surface area contributed by atoms with Crippen LogP contribution < -0.4 is 10.1 Å². The molecule has 0 spiro atoms. The summed E-state index contributed by atoms with van der Waals surface area (Å²) in [6.07, 6.45) is 0.0879. The second-order valence-corrected chi connectivity index (χ2v) is 4.06. The molecule has 0 saturated carbocycles. The van der Waals surface area contributed by atoms with Crippen LogP contribution in [0.4, 0.5) is 0 Å². The Morgan fingerprint density at radius 3 is 2.88 bits per heavy atom. The predicted molar refractivity (Wildman–Crippen MR) is 66.8 cm³/mol. The second kappa shape index (κ2) is 4.34. The highest BCUT2D eigenvalue weighted by atomic mass is 35.5. The van der Waals surface area contributed by atoms with Crippen molar-refractivity contribution in [1.29, 1.82) is 0 Å². The Morgan fingerprint density at radius 1 is 1.38 bits per heavy atom. The number of para-hydroxylation sites is 1. The number of nitrogens with one attached hydrogen (secondary N) is 1. The van der Waals surface area contributed by atoms with Crippen molar-refractivity contribution >= 4 is 18.2 Å². The Bertz CT molecular complexity index is 419. The van der Waals surface area contributed by atoms with Crippen molar-refractivity contribution in [3.05, 3.63) is 29.8 Å². The van der Waals surface area contributed by atoms with Gasteiger partial charge in [0.15, 0.2) is 6.10 Å². The van der Waals surface area contributed by atoms with Gasteiger partial charge in [-0.05, 0) is 6.07 Å². The van der Waals surface area contributed by atoms with E-state index in [2.05, 4.69) is 29.4 Å². The molecule has 2 atom stereocenters. The van der Waals surface area contributed by atoms with Crippen LogP contribution in [-0.4, -0.2) is 25.0 Å². The molecule has 2 unspecified atom stereocenters. The summed E-state index contributed by atoms with van der Waals surface area (Å²) in [6, 6.07) is 8.24. The Balaban J connectivity index is 0.000000963. The monoisotopic (exact) mass is 238 g/mol. The average molecular weight is 239 g/mol. The lowest BCUT2D eigenvalue weighted by atomic mass is 9.97. The molecule has 86 valence electrons. The van der Waals surface area contributed by atoms with Crippen molar-refractivity contribution in [3.8, 4) is 5.75 Å². The predicted octanol–water partition coefficient (Wildman–Crippen LogP) is 1.97. The number of aliphatic imine (C=N–C) groups is 1. The van der Waals surface area contributed by atoms with Crippen LogP contribution in [0.25, 0.3) is 0 Å². The molecular formula is C12H15ClN2O. The molecule has 0 saturated heterocycles. The summed E-state index contributed by atoms with van der Waals surface area (Å²) in [5.74, 6) is 2.41. The number of rotatable bonds is 1. The summed E-state index contributed by atoms with van der Waals surface area (Å²) in [6.45, 7) is 4.01. The zero-order valence-electron chi connectivity index (χ0n) is 9.14. The van der Waals surface area contributed by atoms with Crippen molar-refractivity contribution < 1.29 is 4.74 Å². The molecule has 0 amide bonds. The topological polar surface area (TPSA) is 33.6 Å². The summed E-state index contributed by atoms with van der Waals surface area (Å²) >= 11 is 0. The van der Waals surface area contributed by atoms with E-state index in [1.165, 1.54) is 5.56 Å². The number of nitrogens with zero attached hydrogens (tertiary/aromatic N) is 1. The second-order valence-electron chi connectivity index (χ2n) is 4.06. The molecule has 0 bridgehead atoms. The summed E-state index contributed by atoms with van der Waals surface area (Å²) in [7, 11) is 0. The molecule has 4 heteroatoms. The van der Waals surface area contributed by atoms with Gasteiger partial charge < -0.3 is 10.1 Å². The molecule has 0 radical (unpaired) electrons. The summed E-state index contributed by atoms with van der Waals surface area (Å²) in [5, 5.41) is 3.29. The Morgan fingerprint density at radius 2 is 2.19 bits per heavy atom. The van der Waals surface area contributed by atoms with Crippen LogP contribution in [0.3, 0.4) is 0 Å². The van der Waals surface area contributed by atoms with Crippen molar-refractivity contribution in [2.45, 2.75) is 18.9 Å². The normalized spacial score (nSPS) is 26.2. The van der Waals surface area contributed by atoms with Crippen LogP contribution in [0, 0.1) is 0 Å². The van der Waals surface area contributed by atoms with Crippen molar-refractivity contribution in [2.75, 3.05) is 13.1 Å². The molecule has 3 rings (SSSR count). The third-order valence-corrected chi connectivity index (χ3v) is 3.09. The van der Waals surface area contributed by atoms with Gasteiger partial charge in [-0.25, -0.2) is 0 Å². The molecule has 2 aliphatic rings. The van der Waals surface area contributed by atoms with Gasteiger partial charge in [-0.15, -0.1) is 12.4 Å². The molecule has 0 aliphatic carbocycles. The third kappa shape index (κ3) is 1.65. The first-order valence-corrected chi connectivity index (χ1v) is 5.40. The van der Waals surface area contributed by atoms with Crippen molar-refractivity contribution in [2.24, 2.45) is 4.99 Å². The molecule has 1 N–H and O–H groups in total. The lowest BCUT2D eigenvalue weighted by Crippen LogP contribution is -2.36. The molecule has 16 heavy (non-hydrogen) atoms. The number of hydrogen-bond donors (Lipinski definition) is 1. The first-order chi connectivity index (χ1) is 7.36. The fourth-order valence-electron chi connectivity index (χ4n) is 2.27. The number of benzene rings is 1. The molecule has 2 aliphatic heterocycles. The minimum atomic E-state index is 0. The van der Waals surface area contributed by atoms with Gasteiger partial charge in [0, 0.05) is 18.0 Å².